The number of aliphatic hydroxyl groups is 1. The normalized spacial score (nSPS) is 10.3. The molecule has 0 amide bonds. The summed E-state index contributed by atoms with van der Waals surface area (Å²) < 4.78 is 18.4. The predicted molar refractivity (Wildman–Crippen MR) is 61.4 cm³/mol. The Morgan fingerprint density at radius 1 is 1.29 bits per heavy atom. The Balaban J connectivity index is 2.19. The topological polar surface area (TPSA) is 42.4 Å². The van der Waals surface area contributed by atoms with Gasteiger partial charge in [0.15, 0.2) is 0 Å². The van der Waals surface area contributed by atoms with Gasteiger partial charge in [-0.25, -0.2) is 9.37 Å². The number of nitrogens with zero attached hydrogens (tertiary/aromatic N) is 1. The fourth-order valence-electron chi connectivity index (χ4n) is 1.40. The summed E-state index contributed by atoms with van der Waals surface area (Å²) in [5.41, 5.74) is 1.42. The highest BCUT2D eigenvalue weighted by atomic mass is 19.1. The van der Waals surface area contributed by atoms with E-state index in [1.807, 2.05) is 0 Å². The molecular formula is C13H12FNO2. The summed E-state index contributed by atoms with van der Waals surface area (Å²) in [5, 5.41) is 8.87. The molecule has 1 aromatic heterocycles. The number of ether oxygens (including phenoxy) is 1. The maximum Gasteiger partial charge on any atom is 0.219 e. The number of aryl methyl sites for hydroxylation is 1. The van der Waals surface area contributed by atoms with Gasteiger partial charge in [-0.1, -0.05) is 0 Å². The highest BCUT2D eigenvalue weighted by Crippen LogP contribution is 2.24. The summed E-state index contributed by atoms with van der Waals surface area (Å²) in [6, 6.07) is 7.68. The van der Waals surface area contributed by atoms with Crippen LogP contribution in [0.1, 0.15) is 11.1 Å². The van der Waals surface area contributed by atoms with E-state index in [1.165, 1.54) is 18.3 Å². The van der Waals surface area contributed by atoms with E-state index in [9.17, 15) is 4.39 Å². The molecule has 2 rings (SSSR count). The van der Waals surface area contributed by atoms with Crippen molar-refractivity contribution in [3.05, 3.63) is 53.5 Å². The first-order valence-electron chi connectivity index (χ1n) is 5.19. The molecule has 0 aliphatic rings. The van der Waals surface area contributed by atoms with E-state index in [4.69, 9.17) is 9.84 Å². The second-order valence-electron chi connectivity index (χ2n) is 3.67. The molecule has 0 bridgehead atoms. The van der Waals surface area contributed by atoms with Crippen LogP contribution in [0.5, 0.6) is 11.6 Å². The minimum atomic E-state index is -0.293. The molecule has 17 heavy (non-hydrogen) atoms. The molecule has 0 unspecified atom stereocenters. The predicted octanol–water partition coefficient (Wildman–Crippen LogP) is 2.81. The standard InChI is InChI=1S/C13H12FNO2/c1-9-6-11(14)3-4-12(9)17-13-5-2-10(8-16)7-15-13/h2-7,16H,8H2,1H3. The van der Waals surface area contributed by atoms with E-state index in [0.717, 1.165) is 0 Å². The van der Waals surface area contributed by atoms with Crippen LogP contribution < -0.4 is 4.74 Å². The summed E-state index contributed by atoms with van der Waals surface area (Å²) >= 11 is 0. The number of benzene rings is 1. The lowest BCUT2D eigenvalue weighted by atomic mass is 10.2. The second kappa shape index (κ2) is 4.93. The maximum absolute atomic E-state index is 12.9. The Kier molecular flexibility index (Phi) is 3.35. The van der Waals surface area contributed by atoms with Gasteiger partial charge in [0.25, 0.3) is 0 Å². The van der Waals surface area contributed by atoms with Crippen LogP contribution in [0.25, 0.3) is 0 Å². The van der Waals surface area contributed by atoms with Crippen LogP contribution in [-0.4, -0.2) is 10.1 Å². The third-order valence-corrected chi connectivity index (χ3v) is 2.33. The number of aliphatic hydroxyl groups excluding tert-OH is 1. The molecule has 1 heterocycles. The largest absolute Gasteiger partial charge is 0.439 e. The molecule has 0 radical (unpaired) electrons. The van der Waals surface area contributed by atoms with Crippen LogP contribution in [0.4, 0.5) is 4.39 Å². The van der Waals surface area contributed by atoms with Crippen molar-refractivity contribution in [3.8, 4) is 11.6 Å². The van der Waals surface area contributed by atoms with Gasteiger partial charge in [0.2, 0.25) is 5.88 Å². The number of halogens is 1. The molecule has 1 aromatic carbocycles. The Hall–Kier alpha value is -1.94. The number of rotatable bonds is 3. The number of aromatic nitrogens is 1. The molecule has 1 N–H and O–H groups in total. The number of pyridine rings is 1. The quantitative estimate of drug-likeness (QED) is 0.886. The lowest BCUT2D eigenvalue weighted by molar-refractivity contribution is 0.281. The fraction of sp³-hybridized carbons (Fsp3) is 0.154. The Labute approximate surface area is 98.5 Å². The van der Waals surface area contributed by atoms with Gasteiger partial charge in [-0.05, 0) is 42.3 Å². The summed E-state index contributed by atoms with van der Waals surface area (Å²) in [7, 11) is 0. The molecule has 0 saturated carbocycles. The van der Waals surface area contributed by atoms with Crippen LogP contribution in [0, 0.1) is 12.7 Å². The molecule has 0 aliphatic heterocycles. The van der Waals surface area contributed by atoms with E-state index in [-0.39, 0.29) is 12.4 Å². The van der Waals surface area contributed by atoms with Crippen LogP contribution in [0.2, 0.25) is 0 Å². The van der Waals surface area contributed by atoms with Crippen molar-refractivity contribution < 1.29 is 14.2 Å². The second-order valence-corrected chi connectivity index (χ2v) is 3.67. The van der Waals surface area contributed by atoms with Crippen LogP contribution >= 0.6 is 0 Å². The molecule has 0 aliphatic carbocycles. The third-order valence-electron chi connectivity index (χ3n) is 2.33. The Morgan fingerprint density at radius 3 is 2.71 bits per heavy atom. The fourth-order valence-corrected chi connectivity index (χ4v) is 1.40. The van der Waals surface area contributed by atoms with E-state index in [0.29, 0.717) is 22.8 Å². The van der Waals surface area contributed by atoms with Crippen molar-refractivity contribution in [2.45, 2.75) is 13.5 Å². The van der Waals surface area contributed by atoms with Gasteiger partial charge < -0.3 is 9.84 Å². The summed E-state index contributed by atoms with van der Waals surface area (Å²) in [4.78, 5) is 4.03. The molecule has 0 fully saturated rings. The van der Waals surface area contributed by atoms with Gasteiger partial charge in [0, 0.05) is 12.3 Å². The average Bonchev–Trinajstić information content (AvgIpc) is 2.34. The van der Waals surface area contributed by atoms with Crippen molar-refractivity contribution in [2.75, 3.05) is 0 Å². The highest BCUT2D eigenvalue weighted by molar-refractivity contribution is 5.35. The molecular weight excluding hydrogens is 221 g/mol. The van der Waals surface area contributed by atoms with Gasteiger partial charge in [-0.3, -0.25) is 0 Å². The van der Waals surface area contributed by atoms with Gasteiger partial charge in [-0.2, -0.15) is 0 Å². The van der Waals surface area contributed by atoms with Gasteiger partial charge in [-0.15, -0.1) is 0 Å². The lowest BCUT2D eigenvalue weighted by Gasteiger charge is -2.07. The third kappa shape index (κ3) is 2.79. The highest BCUT2D eigenvalue weighted by Gasteiger charge is 2.03. The molecule has 4 heteroatoms. The van der Waals surface area contributed by atoms with Crippen LogP contribution in [-0.2, 0) is 6.61 Å². The van der Waals surface area contributed by atoms with E-state index < -0.39 is 0 Å². The van der Waals surface area contributed by atoms with Crippen molar-refractivity contribution in [3.63, 3.8) is 0 Å². The smallest absolute Gasteiger partial charge is 0.219 e. The van der Waals surface area contributed by atoms with Gasteiger partial charge in [0.05, 0.1) is 6.61 Å². The monoisotopic (exact) mass is 233 g/mol. The van der Waals surface area contributed by atoms with Crippen molar-refractivity contribution in [1.29, 1.82) is 0 Å². The molecule has 2 aromatic rings. The van der Waals surface area contributed by atoms with Crippen LogP contribution in [0.3, 0.4) is 0 Å². The zero-order valence-electron chi connectivity index (χ0n) is 9.35. The maximum atomic E-state index is 12.9. The summed E-state index contributed by atoms with van der Waals surface area (Å²) in [6.07, 6.45) is 1.54. The van der Waals surface area contributed by atoms with Crippen molar-refractivity contribution >= 4 is 0 Å². The van der Waals surface area contributed by atoms with E-state index in [1.54, 1.807) is 25.1 Å². The SMILES string of the molecule is Cc1cc(F)ccc1Oc1ccc(CO)cn1. The van der Waals surface area contributed by atoms with Crippen molar-refractivity contribution in [1.82, 2.24) is 4.98 Å². The Morgan fingerprint density at radius 2 is 2.12 bits per heavy atom. The minimum absolute atomic E-state index is 0.0527. The van der Waals surface area contributed by atoms with Crippen molar-refractivity contribution in [2.24, 2.45) is 0 Å². The molecule has 0 spiro atoms. The number of hydrogen-bond acceptors (Lipinski definition) is 3. The van der Waals surface area contributed by atoms with E-state index in [2.05, 4.69) is 4.98 Å². The molecule has 88 valence electrons. The first-order chi connectivity index (χ1) is 8.19. The zero-order valence-corrected chi connectivity index (χ0v) is 9.35. The number of hydrogen-bond donors (Lipinski definition) is 1. The van der Waals surface area contributed by atoms with Gasteiger partial charge in [0.1, 0.15) is 11.6 Å². The molecule has 0 atom stereocenters. The Bertz CT molecular complexity index is 511. The summed E-state index contributed by atoms with van der Waals surface area (Å²) in [6.45, 7) is 1.71. The first-order valence-corrected chi connectivity index (χ1v) is 5.19. The van der Waals surface area contributed by atoms with Gasteiger partial charge >= 0.3 is 0 Å². The molecule has 3 nitrogen and oxygen atoms in total. The minimum Gasteiger partial charge on any atom is -0.439 e. The first kappa shape index (κ1) is 11.5. The average molecular weight is 233 g/mol. The van der Waals surface area contributed by atoms with Crippen LogP contribution in [0.15, 0.2) is 36.5 Å². The lowest BCUT2D eigenvalue weighted by Crippen LogP contribution is -1.92. The molecule has 0 saturated heterocycles. The van der Waals surface area contributed by atoms with E-state index >= 15 is 0 Å². The summed E-state index contributed by atoms with van der Waals surface area (Å²) in [5.74, 6) is 0.686. The zero-order chi connectivity index (χ0) is 12.3.